The van der Waals surface area contributed by atoms with Crippen LogP contribution < -0.4 is 5.73 Å². The van der Waals surface area contributed by atoms with Gasteiger partial charge >= 0.3 is 0 Å². The molecule has 2 N–H and O–H groups in total. The summed E-state index contributed by atoms with van der Waals surface area (Å²) < 4.78 is 0. The van der Waals surface area contributed by atoms with Crippen molar-refractivity contribution in [3.63, 3.8) is 0 Å². The quantitative estimate of drug-likeness (QED) is 0.817. The Bertz CT molecular complexity index is 693. The minimum Gasteiger partial charge on any atom is -0.384 e. The molecule has 1 aliphatic rings. The molecule has 0 aliphatic carbocycles. The van der Waals surface area contributed by atoms with E-state index in [4.69, 9.17) is 5.73 Å². The maximum atomic E-state index is 10.9. The molecule has 1 aromatic carbocycles. The van der Waals surface area contributed by atoms with Crippen LogP contribution in [0.5, 0.6) is 0 Å². The number of nitrogen functional groups attached to an aromatic ring is 1. The summed E-state index contributed by atoms with van der Waals surface area (Å²) in [5, 5.41) is 0. The summed E-state index contributed by atoms with van der Waals surface area (Å²) in [6, 6.07) is 14.3. The highest BCUT2D eigenvalue weighted by Crippen LogP contribution is 2.19. The third kappa shape index (κ3) is 4.65. The number of piperazine rings is 1. The molecule has 5 nitrogen and oxygen atoms in total. The highest BCUT2D eigenvalue weighted by atomic mass is 16.1. The molecule has 132 valence electrons. The molecule has 3 rings (SSSR count). The number of pyridine rings is 1. The van der Waals surface area contributed by atoms with Crippen LogP contribution in [0.25, 0.3) is 11.3 Å². The van der Waals surface area contributed by atoms with Crippen molar-refractivity contribution >= 4 is 12.1 Å². The van der Waals surface area contributed by atoms with E-state index in [9.17, 15) is 4.79 Å². The minimum atomic E-state index is 0.0373. The SMILES string of the molecule is CC(C=O)N1CCN(CCc2ccc(-c3cccc(N)n3)cc2)CC1. The molecule has 1 atom stereocenters. The molecular formula is C20H26N4O. The molecule has 0 bridgehead atoms. The van der Waals surface area contributed by atoms with E-state index >= 15 is 0 Å². The van der Waals surface area contributed by atoms with Crippen LogP contribution in [0.2, 0.25) is 0 Å². The molecule has 5 heteroatoms. The predicted octanol–water partition coefficient (Wildman–Crippen LogP) is 2.08. The van der Waals surface area contributed by atoms with Gasteiger partial charge in [-0.1, -0.05) is 30.3 Å². The van der Waals surface area contributed by atoms with Crippen LogP contribution in [-0.4, -0.2) is 59.8 Å². The molecule has 25 heavy (non-hydrogen) atoms. The molecule has 1 saturated heterocycles. The number of hydrogen-bond acceptors (Lipinski definition) is 5. The second kappa shape index (κ2) is 8.23. The Morgan fingerprint density at radius 2 is 1.84 bits per heavy atom. The summed E-state index contributed by atoms with van der Waals surface area (Å²) in [6.45, 7) is 7.03. The number of nitrogens with zero attached hydrogens (tertiary/aromatic N) is 3. The lowest BCUT2D eigenvalue weighted by Crippen LogP contribution is -2.50. The zero-order valence-electron chi connectivity index (χ0n) is 14.8. The highest BCUT2D eigenvalue weighted by molar-refractivity contribution is 5.61. The fourth-order valence-electron chi connectivity index (χ4n) is 3.22. The van der Waals surface area contributed by atoms with Crippen LogP contribution in [0, 0.1) is 0 Å². The zero-order chi connectivity index (χ0) is 17.6. The maximum Gasteiger partial charge on any atom is 0.136 e. The molecule has 1 unspecified atom stereocenters. The number of hydrogen-bond donors (Lipinski definition) is 1. The monoisotopic (exact) mass is 338 g/mol. The number of carbonyl (C=O) groups excluding carboxylic acids is 1. The molecule has 1 aliphatic heterocycles. The summed E-state index contributed by atoms with van der Waals surface area (Å²) in [5.74, 6) is 0.546. The largest absolute Gasteiger partial charge is 0.384 e. The molecule has 0 radical (unpaired) electrons. The number of aldehydes is 1. The van der Waals surface area contributed by atoms with Crippen LogP contribution >= 0.6 is 0 Å². The van der Waals surface area contributed by atoms with Gasteiger partial charge < -0.3 is 15.4 Å². The van der Waals surface area contributed by atoms with Crippen molar-refractivity contribution in [1.82, 2.24) is 14.8 Å². The van der Waals surface area contributed by atoms with Crippen LogP contribution in [0.3, 0.4) is 0 Å². The molecular weight excluding hydrogens is 312 g/mol. The van der Waals surface area contributed by atoms with Crippen LogP contribution in [-0.2, 0) is 11.2 Å². The van der Waals surface area contributed by atoms with Gasteiger partial charge in [-0.2, -0.15) is 0 Å². The average Bonchev–Trinajstić information content (AvgIpc) is 2.66. The van der Waals surface area contributed by atoms with E-state index in [1.807, 2.05) is 19.1 Å². The molecule has 0 spiro atoms. The second-order valence-corrected chi connectivity index (χ2v) is 6.65. The third-order valence-electron chi connectivity index (χ3n) is 4.92. The number of rotatable bonds is 6. The van der Waals surface area contributed by atoms with Crippen molar-refractivity contribution < 1.29 is 4.79 Å². The first-order valence-electron chi connectivity index (χ1n) is 8.89. The first-order chi connectivity index (χ1) is 12.2. The van der Waals surface area contributed by atoms with Crippen molar-refractivity contribution in [2.24, 2.45) is 0 Å². The van der Waals surface area contributed by atoms with Crippen molar-refractivity contribution in [1.29, 1.82) is 0 Å². The summed E-state index contributed by atoms with van der Waals surface area (Å²) >= 11 is 0. The van der Waals surface area contributed by atoms with Gasteiger partial charge in [0.1, 0.15) is 12.1 Å². The Kier molecular flexibility index (Phi) is 5.79. The molecule has 2 aromatic rings. The van der Waals surface area contributed by atoms with E-state index in [-0.39, 0.29) is 6.04 Å². The molecule has 1 fully saturated rings. The van der Waals surface area contributed by atoms with Gasteiger partial charge in [0.05, 0.1) is 11.7 Å². The van der Waals surface area contributed by atoms with E-state index in [0.29, 0.717) is 5.82 Å². The fraction of sp³-hybridized carbons (Fsp3) is 0.400. The third-order valence-corrected chi connectivity index (χ3v) is 4.92. The molecule has 2 heterocycles. The standard InChI is InChI=1S/C20H26N4O/c1-16(15-25)24-13-11-23(12-14-24)10-9-17-5-7-18(8-6-17)19-3-2-4-20(21)22-19/h2-8,15-16H,9-14H2,1H3,(H2,21,22). The van der Waals surface area contributed by atoms with E-state index in [2.05, 4.69) is 39.0 Å². The van der Waals surface area contributed by atoms with E-state index in [1.165, 1.54) is 5.56 Å². The van der Waals surface area contributed by atoms with Crippen molar-refractivity contribution in [3.05, 3.63) is 48.0 Å². The van der Waals surface area contributed by atoms with E-state index < -0.39 is 0 Å². The Balaban J connectivity index is 1.50. The van der Waals surface area contributed by atoms with Gasteiger partial charge in [-0.05, 0) is 31.0 Å². The van der Waals surface area contributed by atoms with E-state index in [1.54, 1.807) is 6.07 Å². The van der Waals surface area contributed by atoms with Crippen LogP contribution in [0.1, 0.15) is 12.5 Å². The predicted molar refractivity (Wildman–Crippen MR) is 101 cm³/mol. The van der Waals surface area contributed by atoms with Gasteiger partial charge in [0, 0.05) is 38.3 Å². The average molecular weight is 338 g/mol. The van der Waals surface area contributed by atoms with Gasteiger partial charge in [-0.15, -0.1) is 0 Å². The lowest BCUT2D eigenvalue weighted by Gasteiger charge is -2.36. The summed E-state index contributed by atoms with van der Waals surface area (Å²) in [7, 11) is 0. The number of anilines is 1. The Morgan fingerprint density at radius 3 is 2.48 bits per heavy atom. The molecule has 0 amide bonds. The van der Waals surface area contributed by atoms with Crippen molar-refractivity contribution in [2.45, 2.75) is 19.4 Å². The summed E-state index contributed by atoms with van der Waals surface area (Å²) in [5.41, 5.74) is 9.08. The Hall–Kier alpha value is -2.24. The lowest BCUT2D eigenvalue weighted by molar-refractivity contribution is -0.112. The maximum absolute atomic E-state index is 10.9. The van der Waals surface area contributed by atoms with Gasteiger partial charge in [0.25, 0.3) is 0 Å². The molecule has 0 saturated carbocycles. The number of aromatic nitrogens is 1. The van der Waals surface area contributed by atoms with Gasteiger partial charge in [-0.3, -0.25) is 4.90 Å². The van der Waals surface area contributed by atoms with Crippen LogP contribution in [0.4, 0.5) is 5.82 Å². The Morgan fingerprint density at radius 1 is 1.12 bits per heavy atom. The molecule has 1 aromatic heterocycles. The normalized spacial score (nSPS) is 17.3. The highest BCUT2D eigenvalue weighted by Gasteiger charge is 2.20. The first kappa shape index (κ1) is 17.6. The van der Waals surface area contributed by atoms with Crippen molar-refractivity contribution in [2.75, 3.05) is 38.5 Å². The summed E-state index contributed by atoms with van der Waals surface area (Å²) in [6.07, 6.45) is 2.07. The van der Waals surface area contributed by atoms with Gasteiger partial charge in [0.2, 0.25) is 0 Å². The van der Waals surface area contributed by atoms with E-state index in [0.717, 1.165) is 56.7 Å². The topological polar surface area (TPSA) is 62.5 Å². The van der Waals surface area contributed by atoms with Crippen LogP contribution in [0.15, 0.2) is 42.5 Å². The second-order valence-electron chi connectivity index (χ2n) is 6.65. The minimum absolute atomic E-state index is 0.0373. The van der Waals surface area contributed by atoms with Gasteiger partial charge in [0.15, 0.2) is 0 Å². The Labute approximate surface area is 149 Å². The lowest BCUT2D eigenvalue weighted by atomic mass is 10.1. The van der Waals surface area contributed by atoms with Crippen molar-refractivity contribution in [3.8, 4) is 11.3 Å². The van der Waals surface area contributed by atoms with Gasteiger partial charge in [-0.25, -0.2) is 4.98 Å². The smallest absolute Gasteiger partial charge is 0.136 e. The number of benzene rings is 1. The fourth-order valence-corrected chi connectivity index (χ4v) is 3.22. The summed E-state index contributed by atoms with van der Waals surface area (Å²) in [4.78, 5) is 20.0. The first-order valence-corrected chi connectivity index (χ1v) is 8.89. The zero-order valence-corrected chi connectivity index (χ0v) is 14.8. The number of carbonyl (C=O) groups is 1. The number of nitrogens with two attached hydrogens (primary N) is 1.